The molecule has 0 atom stereocenters. The molecular formula is C15H16ClNO2S. The standard InChI is InChI=1S/C15H16ClNO2S/c1-15(2,10-4-6-11(16)7-5-10)17-14(18)13-12(19-3)8-9-20-13/h4-9H,1-3H3,(H,17,18). The van der Waals surface area contributed by atoms with Crippen molar-refractivity contribution in [2.75, 3.05) is 7.11 Å². The SMILES string of the molecule is COc1ccsc1C(=O)NC(C)(C)c1ccc(Cl)cc1. The molecule has 0 spiro atoms. The lowest BCUT2D eigenvalue weighted by molar-refractivity contribution is 0.0913. The van der Waals surface area contributed by atoms with Gasteiger partial charge in [-0.05, 0) is 43.0 Å². The van der Waals surface area contributed by atoms with Gasteiger partial charge in [-0.2, -0.15) is 0 Å². The van der Waals surface area contributed by atoms with Crippen molar-refractivity contribution in [3.8, 4) is 5.75 Å². The van der Waals surface area contributed by atoms with E-state index in [2.05, 4.69) is 5.32 Å². The molecule has 2 rings (SSSR count). The lowest BCUT2D eigenvalue weighted by atomic mass is 9.94. The summed E-state index contributed by atoms with van der Waals surface area (Å²) in [5.41, 5.74) is 0.502. The first-order valence-corrected chi connectivity index (χ1v) is 7.40. The largest absolute Gasteiger partial charge is 0.495 e. The monoisotopic (exact) mass is 309 g/mol. The summed E-state index contributed by atoms with van der Waals surface area (Å²) in [7, 11) is 1.56. The second-order valence-electron chi connectivity index (χ2n) is 4.90. The number of benzene rings is 1. The van der Waals surface area contributed by atoms with Gasteiger partial charge in [-0.3, -0.25) is 4.79 Å². The van der Waals surface area contributed by atoms with Crippen LogP contribution < -0.4 is 10.1 Å². The van der Waals surface area contributed by atoms with E-state index in [1.54, 1.807) is 13.2 Å². The lowest BCUT2D eigenvalue weighted by Gasteiger charge is -2.27. The van der Waals surface area contributed by atoms with Crippen LogP contribution in [0.4, 0.5) is 0 Å². The fourth-order valence-corrected chi connectivity index (χ4v) is 2.78. The summed E-state index contributed by atoms with van der Waals surface area (Å²) < 4.78 is 5.17. The van der Waals surface area contributed by atoms with Crippen LogP contribution in [0.1, 0.15) is 29.1 Å². The molecule has 1 N–H and O–H groups in total. The molecule has 0 unspecified atom stereocenters. The van der Waals surface area contributed by atoms with E-state index < -0.39 is 5.54 Å². The van der Waals surface area contributed by atoms with Crippen LogP contribution in [0.15, 0.2) is 35.7 Å². The van der Waals surface area contributed by atoms with E-state index in [1.165, 1.54) is 11.3 Å². The molecule has 5 heteroatoms. The van der Waals surface area contributed by atoms with E-state index in [1.807, 2.05) is 43.5 Å². The van der Waals surface area contributed by atoms with E-state index in [0.717, 1.165) is 5.56 Å². The molecule has 1 amide bonds. The van der Waals surface area contributed by atoms with Crippen molar-refractivity contribution in [2.24, 2.45) is 0 Å². The zero-order chi connectivity index (χ0) is 14.8. The minimum Gasteiger partial charge on any atom is -0.495 e. The number of hydrogen-bond donors (Lipinski definition) is 1. The Morgan fingerprint density at radius 1 is 1.25 bits per heavy atom. The van der Waals surface area contributed by atoms with Gasteiger partial charge in [0.15, 0.2) is 0 Å². The minimum atomic E-state index is -0.489. The van der Waals surface area contributed by atoms with Gasteiger partial charge in [-0.15, -0.1) is 11.3 Å². The Labute approximate surface area is 127 Å². The molecular weight excluding hydrogens is 294 g/mol. The summed E-state index contributed by atoms with van der Waals surface area (Å²) in [6.07, 6.45) is 0. The zero-order valence-electron chi connectivity index (χ0n) is 11.6. The molecule has 0 bridgehead atoms. The van der Waals surface area contributed by atoms with E-state index >= 15 is 0 Å². The lowest BCUT2D eigenvalue weighted by Crippen LogP contribution is -2.40. The number of carbonyl (C=O) groups is 1. The topological polar surface area (TPSA) is 38.3 Å². The maximum absolute atomic E-state index is 12.3. The molecule has 0 saturated heterocycles. The summed E-state index contributed by atoms with van der Waals surface area (Å²) in [6, 6.07) is 9.24. The van der Waals surface area contributed by atoms with Crippen molar-refractivity contribution in [2.45, 2.75) is 19.4 Å². The average molecular weight is 310 g/mol. The summed E-state index contributed by atoms with van der Waals surface area (Å²) in [6.45, 7) is 3.91. The smallest absolute Gasteiger partial charge is 0.265 e. The van der Waals surface area contributed by atoms with Gasteiger partial charge in [0.1, 0.15) is 10.6 Å². The number of ether oxygens (including phenoxy) is 1. The molecule has 106 valence electrons. The molecule has 0 fully saturated rings. The first-order chi connectivity index (χ1) is 9.44. The molecule has 1 heterocycles. The van der Waals surface area contributed by atoms with Gasteiger partial charge in [-0.1, -0.05) is 23.7 Å². The number of methoxy groups -OCH3 is 1. The fraction of sp³-hybridized carbons (Fsp3) is 0.267. The van der Waals surface area contributed by atoms with Crippen LogP contribution >= 0.6 is 22.9 Å². The van der Waals surface area contributed by atoms with E-state index in [4.69, 9.17) is 16.3 Å². The predicted molar refractivity (Wildman–Crippen MR) is 82.8 cm³/mol. The summed E-state index contributed by atoms with van der Waals surface area (Å²) in [4.78, 5) is 12.9. The van der Waals surface area contributed by atoms with Crippen molar-refractivity contribution >= 4 is 28.8 Å². The average Bonchev–Trinajstić information content (AvgIpc) is 2.87. The second-order valence-corrected chi connectivity index (χ2v) is 6.26. The van der Waals surface area contributed by atoms with Crippen LogP contribution in [0.25, 0.3) is 0 Å². The third-order valence-corrected chi connectivity index (χ3v) is 4.19. The summed E-state index contributed by atoms with van der Waals surface area (Å²) >= 11 is 7.25. The normalized spacial score (nSPS) is 11.2. The Bertz CT molecular complexity index is 605. The molecule has 20 heavy (non-hydrogen) atoms. The number of nitrogens with one attached hydrogen (secondary N) is 1. The highest BCUT2D eigenvalue weighted by Crippen LogP contribution is 2.27. The third kappa shape index (κ3) is 3.14. The highest BCUT2D eigenvalue weighted by atomic mass is 35.5. The Morgan fingerprint density at radius 2 is 1.90 bits per heavy atom. The van der Waals surface area contributed by atoms with Crippen molar-refractivity contribution in [1.82, 2.24) is 5.32 Å². The van der Waals surface area contributed by atoms with Crippen molar-refractivity contribution in [3.63, 3.8) is 0 Å². The highest BCUT2D eigenvalue weighted by molar-refractivity contribution is 7.12. The highest BCUT2D eigenvalue weighted by Gasteiger charge is 2.25. The van der Waals surface area contributed by atoms with Gasteiger partial charge in [-0.25, -0.2) is 0 Å². The van der Waals surface area contributed by atoms with Crippen LogP contribution in [0.2, 0.25) is 5.02 Å². The molecule has 0 aliphatic carbocycles. The number of carbonyl (C=O) groups excluding carboxylic acids is 1. The number of thiophene rings is 1. The summed E-state index contributed by atoms with van der Waals surface area (Å²) in [5.74, 6) is 0.455. The Morgan fingerprint density at radius 3 is 2.50 bits per heavy atom. The molecule has 2 aromatic rings. The number of amides is 1. The van der Waals surface area contributed by atoms with Gasteiger partial charge >= 0.3 is 0 Å². The van der Waals surface area contributed by atoms with Crippen LogP contribution in [-0.2, 0) is 5.54 Å². The third-order valence-electron chi connectivity index (χ3n) is 3.05. The number of rotatable bonds is 4. The zero-order valence-corrected chi connectivity index (χ0v) is 13.1. The van der Waals surface area contributed by atoms with Gasteiger partial charge in [0, 0.05) is 5.02 Å². The predicted octanol–water partition coefficient (Wildman–Crippen LogP) is 4.08. The Kier molecular flexibility index (Phi) is 4.35. The molecule has 0 radical (unpaired) electrons. The van der Waals surface area contributed by atoms with Gasteiger partial charge in [0.05, 0.1) is 12.6 Å². The van der Waals surface area contributed by atoms with Crippen molar-refractivity contribution in [1.29, 1.82) is 0 Å². The minimum absolute atomic E-state index is 0.142. The first-order valence-electron chi connectivity index (χ1n) is 6.14. The van der Waals surface area contributed by atoms with Crippen molar-refractivity contribution in [3.05, 3.63) is 51.2 Å². The molecule has 0 aliphatic rings. The van der Waals surface area contributed by atoms with E-state index in [-0.39, 0.29) is 5.91 Å². The first kappa shape index (κ1) is 14.9. The van der Waals surface area contributed by atoms with Gasteiger partial charge in [0.2, 0.25) is 0 Å². The summed E-state index contributed by atoms with van der Waals surface area (Å²) in [5, 5.41) is 5.53. The quantitative estimate of drug-likeness (QED) is 0.924. The molecule has 1 aromatic carbocycles. The number of hydrogen-bond acceptors (Lipinski definition) is 3. The Balaban J connectivity index is 2.19. The van der Waals surface area contributed by atoms with E-state index in [9.17, 15) is 4.79 Å². The van der Waals surface area contributed by atoms with Crippen LogP contribution in [-0.4, -0.2) is 13.0 Å². The number of halogens is 1. The molecule has 0 aliphatic heterocycles. The maximum atomic E-state index is 12.3. The Hall–Kier alpha value is -1.52. The molecule has 3 nitrogen and oxygen atoms in total. The van der Waals surface area contributed by atoms with Crippen LogP contribution in [0, 0.1) is 0 Å². The van der Waals surface area contributed by atoms with Crippen LogP contribution in [0.5, 0.6) is 5.75 Å². The van der Waals surface area contributed by atoms with E-state index in [0.29, 0.717) is 15.6 Å². The second kappa shape index (κ2) is 5.85. The fourth-order valence-electron chi connectivity index (χ4n) is 1.90. The van der Waals surface area contributed by atoms with Crippen molar-refractivity contribution < 1.29 is 9.53 Å². The molecule has 0 saturated carbocycles. The van der Waals surface area contributed by atoms with Gasteiger partial charge < -0.3 is 10.1 Å². The van der Waals surface area contributed by atoms with Crippen LogP contribution in [0.3, 0.4) is 0 Å². The van der Waals surface area contributed by atoms with Gasteiger partial charge in [0.25, 0.3) is 5.91 Å². The molecule has 1 aromatic heterocycles. The maximum Gasteiger partial charge on any atom is 0.265 e.